The first kappa shape index (κ1) is 25.6. The predicted octanol–water partition coefficient (Wildman–Crippen LogP) is 4.96. The summed E-state index contributed by atoms with van der Waals surface area (Å²) in [7, 11) is -2.24. The highest BCUT2D eigenvalue weighted by molar-refractivity contribution is 7.92. The van der Waals surface area contributed by atoms with E-state index in [0.29, 0.717) is 11.4 Å². The molecule has 2 unspecified atom stereocenters. The van der Waals surface area contributed by atoms with Gasteiger partial charge in [-0.3, -0.25) is 9.10 Å². The van der Waals surface area contributed by atoms with E-state index in [1.165, 1.54) is 4.31 Å². The summed E-state index contributed by atoms with van der Waals surface area (Å²) in [6, 6.07) is 18.8. The molecule has 0 saturated carbocycles. The Labute approximate surface area is 213 Å². The second kappa shape index (κ2) is 10.2. The summed E-state index contributed by atoms with van der Waals surface area (Å²) in [6.07, 6.45) is -1.01. The van der Waals surface area contributed by atoms with Gasteiger partial charge in [0.1, 0.15) is 11.5 Å². The number of methoxy groups -OCH3 is 1. The first-order valence-electron chi connectivity index (χ1n) is 12.0. The summed E-state index contributed by atoms with van der Waals surface area (Å²) < 4.78 is 39.8. The molecule has 0 saturated heterocycles. The van der Waals surface area contributed by atoms with Crippen molar-refractivity contribution in [3.63, 3.8) is 0 Å². The number of benzene rings is 3. The van der Waals surface area contributed by atoms with Crippen LogP contribution in [0.5, 0.6) is 11.5 Å². The molecule has 0 spiro atoms. The molecule has 0 bridgehead atoms. The van der Waals surface area contributed by atoms with E-state index in [1.807, 2.05) is 19.9 Å². The molecule has 0 aliphatic carbocycles. The molecule has 36 heavy (non-hydrogen) atoms. The molecule has 2 atom stereocenters. The van der Waals surface area contributed by atoms with E-state index in [1.54, 1.807) is 61.7 Å². The molecule has 3 aromatic carbocycles. The van der Waals surface area contributed by atoms with Gasteiger partial charge in [-0.15, -0.1) is 0 Å². The quantitative estimate of drug-likeness (QED) is 0.488. The number of aryl methyl sites for hydroxylation is 1. The zero-order valence-corrected chi connectivity index (χ0v) is 22.0. The smallest absolute Gasteiger partial charge is 0.264 e. The van der Waals surface area contributed by atoms with Crippen LogP contribution in [0.3, 0.4) is 0 Å². The average Bonchev–Trinajstić information content (AvgIpc) is 2.87. The molecule has 1 amide bonds. The first-order valence-corrected chi connectivity index (χ1v) is 13.4. The van der Waals surface area contributed by atoms with Crippen molar-refractivity contribution in [1.82, 2.24) is 5.32 Å². The predicted molar refractivity (Wildman–Crippen MR) is 140 cm³/mol. The fraction of sp³-hybridized carbons (Fsp3) is 0.321. The third kappa shape index (κ3) is 4.91. The minimum Gasteiger partial charge on any atom is -0.496 e. The molecule has 1 heterocycles. The second-order valence-corrected chi connectivity index (χ2v) is 11.1. The van der Waals surface area contributed by atoms with Crippen LogP contribution < -0.4 is 19.1 Å². The van der Waals surface area contributed by atoms with Gasteiger partial charge in [0, 0.05) is 0 Å². The minimum atomic E-state index is -3.89. The molecule has 3 aromatic rings. The summed E-state index contributed by atoms with van der Waals surface area (Å²) in [5, 5.41) is 3.03. The van der Waals surface area contributed by atoms with Crippen molar-refractivity contribution in [1.29, 1.82) is 0 Å². The number of nitrogens with one attached hydrogen (secondary N) is 1. The Kier molecular flexibility index (Phi) is 7.26. The van der Waals surface area contributed by atoms with E-state index in [9.17, 15) is 13.2 Å². The van der Waals surface area contributed by atoms with Crippen LogP contribution in [0, 0.1) is 6.92 Å². The lowest BCUT2D eigenvalue weighted by Crippen LogP contribution is -2.51. The second-order valence-electron chi connectivity index (χ2n) is 9.26. The van der Waals surface area contributed by atoms with Gasteiger partial charge in [0.25, 0.3) is 15.9 Å². The maximum absolute atomic E-state index is 13.5. The number of carbonyl (C=O) groups excluding carboxylic acids is 1. The third-order valence-electron chi connectivity index (χ3n) is 6.42. The molecule has 1 aliphatic rings. The van der Waals surface area contributed by atoms with Crippen LogP contribution in [0.15, 0.2) is 71.6 Å². The van der Waals surface area contributed by atoms with Gasteiger partial charge in [0.15, 0.2) is 6.10 Å². The molecule has 1 N–H and O–H groups in total. The van der Waals surface area contributed by atoms with Gasteiger partial charge in [-0.05, 0) is 72.9 Å². The number of para-hydroxylation sites is 2. The fourth-order valence-electron chi connectivity index (χ4n) is 4.48. The van der Waals surface area contributed by atoms with Crippen molar-refractivity contribution in [2.24, 2.45) is 0 Å². The van der Waals surface area contributed by atoms with Gasteiger partial charge < -0.3 is 14.8 Å². The molecule has 0 fully saturated rings. The highest BCUT2D eigenvalue weighted by Gasteiger charge is 2.37. The standard InChI is InChI=1S/C28H32N2O5S/c1-18(2)22-16-23(19(3)15-26(22)34-5)20(4)29-28(31)27-17-30(24-13-9-10-14-25(24)35-27)36(32,33)21-11-7-6-8-12-21/h6-16,18,20,27H,17H2,1-5H3,(H,29,31). The van der Waals surface area contributed by atoms with Crippen molar-refractivity contribution >= 4 is 21.6 Å². The van der Waals surface area contributed by atoms with Crippen LogP contribution in [-0.2, 0) is 14.8 Å². The topological polar surface area (TPSA) is 84.9 Å². The van der Waals surface area contributed by atoms with E-state index >= 15 is 0 Å². The van der Waals surface area contributed by atoms with Crippen LogP contribution in [-0.4, -0.2) is 34.1 Å². The first-order chi connectivity index (χ1) is 17.1. The van der Waals surface area contributed by atoms with Crippen molar-refractivity contribution < 1.29 is 22.7 Å². The molecule has 8 heteroatoms. The maximum atomic E-state index is 13.5. The highest BCUT2D eigenvalue weighted by Crippen LogP contribution is 2.37. The normalized spacial score (nSPS) is 16.2. The zero-order valence-electron chi connectivity index (χ0n) is 21.2. The van der Waals surface area contributed by atoms with E-state index in [0.717, 1.165) is 22.4 Å². The Morgan fingerprint density at radius 2 is 1.69 bits per heavy atom. The lowest BCUT2D eigenvalue weighted by atomic mass is 9.93. The summed E-state index contributed by atoms with van der Waals surface area (Å²) in [4.78, 5) is 13.5. The number of carbonyl (C=O) groups is 1. The molecule has 1 aliphatic heterocycles. The van der Waals surface area contributed by atoms with E-state index < -0.39 is 16.1 Å². The third-order valence-corrected chi connectivity index (χ3v) is 8.22. The molecular weight excluding hydrogens is 476 g/mol. The van der Waals surface area contributed by atoms with Crippen molar-refractivity contribution in [2.45, 2.75) is 50.7 Å². The van der Waals surface area contributed by atoms with Gasteiger partial charge in [0.2, 0.25) is 0 Å². The van der Waals surface area contributed by atoms with Crippen molar-refractivity contribution in [3.8, 4) is 11.5 Å². The van der Waals surface area contributed by atoms with Gasteiger partial charge >= 0.3 is 0 Å². The number of anilines is 1. The fourth-order valence-corrected chi connectivity index (χ4v) is 5.98. The number of hydrogen-bond donors (Lipinski definition) is 1. The van der Waals surface area contributed by atoms with Gasteiger partial charge in [-0.2, -0.15) is 0 Å². The minimum absolute atomic E-state index is 0.133. The Morgan fingerprint density at radius 1 is 1.03 bits per heavy atom. The molecule has 7 nitrogen and oxygen atoms in total. The van der Waals surface area contributed by atoms with Crippen LogP contribution in [0.2, 0.25) is 0 Å². The van der Waals surface area contributed by atoms with Crippen LogP contribution >= 0.6 is 0 Å². The highest BCUT2D eigenvalue weighted by atomic mass is 32.2. The Hall–Kier alpha value is -3.52. The Balaban J connectivity index is 1.61. The van der Waals surface area contributed by atoms with Gasteiger partial charge in [-0.1, -0.05) is 44.2 Å². The zero-order chi connectivity index (χ0) is 26.0. The number of ether oxygens (including phenoxy) is 2. The van der Waals surface area contributed by atoms with Crippen molar-refractivity contribution in [3.05, 3.63) is 83.4 Å². The number of rotatable bonds is 7. The molecule has 0 aromatic heterocycles. The number of sulfonamides is 1. The summed E-state index contributed by atoms with van der Waals surface area (Å²) in [5.41, 5.74) is 3.43. The van der Waals surface area contributed by atoms with Gasteiger partial charge in [-0.25, -0.2) is 8.42 Å². The monoisotopic (exact) mass is 508 g/mol. The number of nitrogens with zero attached hydrogens (tertiary/aromatic N) is 1. The van der Waals surface area contributed by atoms with Crippen LogP contribution in [0.4, 0.5) is 5.69 Å². The molecule has 0 radical (unpaired) electrons. The number of hydrogen-bond acceptors (Lipinski definition) is 5. The lowest BCUT2D eigenvalue weighted by molar-refractivity contribution is -0.128. The van der Waals surface area contributed by atoms with E-state index in [4.69, 9.17) is 9.47 Å². The summed E-state index contributed by atoms with van der Waals surface area (Å²) >= 11 is 0. The SMILES string of the molecule is COc1cc(C)c(C(C)NC(=O)C2CN(S(=O)(=O)c3ccccc3)c3ccccc3O2)cc1C(C)C. The van der Waals surface area contributed by atoms with E-state index in [-0.39, 0.29) is 29.3 Å². The van der Waals surface area contributed by atoms with E-state index in [2.05, 4.69) is 25.2 Å². The Bertz CT molecular complexity index is 1360. The lowest BCUT2D eigenvalue weighted by Gasteiger charge is -2.35. The average molecular weight is 509 g/mol. The number of fused-ring (bicyclic) bond motifs is 1. The van der Waals surface area contributed by atoms with Crippen molar-refractivity contribution in [2.75, 3.05) is 18.0 Å². The molecule has 4 rings (SSSR count). The molecule has 190 valence electrons. The van der Waals surface area contributed by atoms with Gasteiger partial charge in [0.05, 0.1) is 30.3 Å². The summed E-state index contributed by atoms with van der Waals surface area (Å²) in [6.45, 7) is 7.94. The Morgan fingerprint density at radius 3 is 2.36 bits per heavy atom. The van der Waals surface area contributed by atoms with Crippen LogP contribution in [0.25, 0.3) is 0 Å². The largest absolute Gasteiger partial charge is 0.496 e. The van der Waals surface area contributed by atoms with Crippen LogP contribution in [0.1, 0.15) is 49.4 Å². The summed E-state index contributed by atoms with van der Waals surface area (Å²) in [5.74, 6) is 1.03. The number of amides is 1. The molecular formula is C28H32N2O5S. The maximum Gasteiger partial charge on any atom is 0.264 e.